The highest BCUT2D eigenvalue weighted by atomic mass is 32.2. The van der Waals surface area contributed by atoms with Crippen LogP contribution in [0.3, 0.4) is 0 Å². The number of thioether (sulfide) groups is 1. The zero-order chi connectivity index (χ0) is 24.5. The van der Waals surface area contributed by atoms with Crippen LogP contribution >= 0.6 is 11.8 Å². The molecule has 0 aromatic heterocycles. The summed E-state index contributed by atoms with van der Waals surface area (Å²) in [6.07, 6.45) is 4.83. The number of aliphatic hydroxyl groups is 1. The van der Waals surface area contributed by atoms with Crippen molar-refractivity contribution in [2.75, 3.05) is 19.8 Å². The lowest BCUT2D eigenvalue weighted by atomic mass is 9.66. The number of amides is 2. The van der Waals surface area contributed by atoms with Gasteiger partial charge in [-0.25, -0.2) is 0 Å². The average Bonchev–Trinajstić information content (AvgIpc) is 3.37. The fourth-order valence-electron chi connectivity index (χ4n) is 6.41. The first kappa shape index (κ1) is 26.1. The summed E-state index contributed by atoms with van der Waals surface area (Å²) in [6, 6.07) is -1.18. The Morgan fingerprint density at radius 3 is 2.64 bits per heavy atom. The summed E-state index contributed by atoms with van der Waals surface area (Å²) in [7, 11) is 0. The maximum atomic E-state index is 14.3. The number of hydrogen-bond donors (Lipinski definition) is 1. The van der Waals surface area contributed by atoms with Gasteiger partial charge in [0.2, 0.25) is 11.8 Å². The van der Waals surface area contributed by atoms with Crippen LogP contribution in [0.2, 0.25) is 0 Å². The van der Waals surface area contributed by atoms with Gasteiger partial charge < -0.3 is 19.6 Å². The Labute approximate surface area is 202 Å². The van der Waals surface area contributed by atoms with Crippen molar-refractivity contribution < 1.29 is 24.2 Å². The van der Waals surface area contributed by atoms with Gasteiger partial charge in [-0.05, 0) is 39.0 Å². The van der Waals surface area contributed by atoms with Crippen molar-refractivity contribution in [3.8, 4) is 0 Å². The van der Waals surface area contributed by atoms with E-state index in [0.29, 0.717) is 13.0 Å². The molecule has 0 radical (unpaired) electrons. The van der Waals surface area contributed by atoms with Gasteiger partial charge in [0, 0.05) is 17.8 Å². The summed E-state index contributed by atoms with van der Waals surface area (Å²) < 4.78 is 4.70. The van der Waals surface area contributed by atoms with Gasteiger partial charge >= 0.3 is 5.97 Å². The number of nitrogens with zero attached hydrogens (tertiary/aromatic N) is 2. The molecule has 3 aliphatic rings. The first-order valence-corrected chi connectivity index (χ1v) is 13.3. The van der Waals surface area contributed by atoms with Gasteiger partial charge in [0.05, 0.1) is 35.8 Å². The van der Waals surface area contributed by atoms with E-state index in [1.807, 2.05) is 18.7 Å². The zero-order valence-electron chi connectivity index (χ0n) is 20.7. The van der Waals surface area contributed by atoms with Crippen LogP contribution in [-0.4, -0.2) is 80.6 Å². The predicted octanol–water partition coefficient (Wildman–Crippen LogP) is 2.86. The molecule has 2 amide bonds. The lowest BCUT2D eigenvalue weighted by molar-refractivity contribution is -0.154. The highest BCUT2D eigenvalue weighted by molar-refractivity contribution is 8.02. The van der Waals surface area contributed by atoms with Crippen molar-refractivity contribution in [2.45, 2.75) is 88.4 Å². The molecule has 0 aliphatic carbocycles. The Balaban J connectivity index is 2.13. The Morgan fingerprint density at radius 1 is 1.39 bits per heavy atom. The van der Waals surface area contributed by atoms with Crippen molar-refractivity contribution in [3.63, 3.8) is 0 Å². The highest BCUT2D eigenvalue weighted by Gasteiger charge is 2.77. The number of ether oxygens (including phenoxy) is 1. The van der Waals surface area contributed by atoms with Crippen LogP contribution in [-0.2, 0) is 19.1 Å². The molecule has 3 fully saturated rings. The van der Waals surface area contributed by atoms with E-state index in [1.54, 1.807) is 29.7 Å². The molecule has 1 N–H and O–H groups in total. The second-order valence-electron chi connectivity index (χ2n) is 9.71. The molecule has 4 unspecified atom stereocenters. The number of carbonyl (C=O) groups excluding carboxylic acids is 3. The third kappa shape index (κ3) is 4.01. The minimum absolute atomic E-state index is 0.00173. The van der Waals surface area contributed by atoms with Gasteiger partial charge in [-0.3, -0.25) is 14.4 Å². The minimum atomic E-state index is -0.712. The maximum Gasteiger partial charge on any atom is 0.310 e. The van der Waals surface area contributed by atoms with E-state index >= 15 is 0 Å². The molecule has 7 nitrogen and oxygen atoms in total. The summed E-state index contributed by atoms with van der Waals surface area (Å²) in [5.41, 5.74) is 0. The summed E-state index contributed by atoms with van der Waals surface area (Å²) in [5.74, 6) is -1.67. The lowest BCUT2D eigenvalue weighted by Crippen LogP contribution is -2.60. The van der Waals surface area contributed by atoms with Crippen LogP contribution in [0.5, 0.6) is 0 Å². The maximum absolute atomic E-state index is 14.3. The van der Waals surface area contributed by atoms with E-state index in [4.69, 9.17) is 4.74 Å². The Hall–Kier alpha value is -1.54. The molecular weight excluding hydrogens is 440 g/mol. The fraction of sp³-hybridized carbons (Fsp3) is 0.800. The lowest BCUT2D eigenvalue weighted by Gasteiger charge is -2.43. The molecular formula is C25H40N2O5S. The van der Waals surface area contributed by atoms with E-state index in [9.17, 15) is 19.5 Å². The summed E-state index contributed by atoms with van der Waals surface area (Å²) in [6.45, 7) is 14.2. The molecule has 1 spiro atoms. The Bertz CT molecular complexity index is 772. The summed E-state index contributed by atoms with van der Waals surface area (Å²) >= 11 is 1.64. The van der Waals surface area contributed by atoms with Crippen molar-refractivity contribution >= 4 is 29.5 Å². The van der Waals surface area contributed by atoms with Crippen LogP contribution in [0.4, 0.5) is 0 Å². The second-order valence-corrected chi connectivity index (χ2v) is 11.3. The summed E-state index contributed by atoms with van der Waals surface area (Å²) in [4.78, 5) is 44.7. The molecule has 0 aromatic rings. The fourth-order valence-corrected chi connectivity index (χ4v) is 8.80. The number of rotatable bonds is 11. The van der Waals surface area contributed by atoms with Gasteiger partial charge in [-0.2, -0.15) is 0 Å². The topological polar surface area (TPSA) is 87.2 Å². The molecule has 186 valence electrons. The second kappa shape index (κ2) is 10.4. The van der Waals surface area contributed by atoms with E-state index in [1.165, 1.54) is 0 Å². The normalized spacial score (nSPS) is 34.2. The van der Waals surface area contributed by atoms with E-state index < -0.39 is 28.7 Å². The third-order valence-electron chi connectivity index (χ3n) is 7.90. The Morgan fingerprint density at radius 2 is 2.09 bits per heavy atom. The van der Waals surface area contributed by atoms with Crippen LogP contribution in [0, 0.1) is 17.8 Å². The molecule has 2 bridgehead atoms. The van der Waals surface area contributed by atoms with Gasteiger partial charge in [-0.15, -0.1) is 18.3 Å². The van der Waals surface area contributed by atoms with Crippen LogP contribution in [0.25, 0.3) is 0 Å². The van der Waals surface area contributed by atoms with Crippen LogP contribution < -0.4 is 0 Å². The molecule has 0 aromatic carbocycles. The highest BCUT2D eigenvalue weighted by Crippen LogP contribution is 2.69. The number of hydrogen-bond acceptors (Lipinski definition) is 6. The average molecular weight is 481 g/mol. The molecule has 33 heavy (non-hydrogen) atoms. The monoisotopic (exact) mass is 480 g/mol. The molecule has 0 saturated carbocycles. The predicted molar refractivity (Wildman–Crippen MR) is 130 cm³/mol. The number of esters is 1. The molecule has 3 saturated heterocycles. The number of fused-ring (bicyclic) bond motifs is 1. The Kier molecular flexibility index (Phi) is 8.20. The molecule has 3 rings (SSSR count). The quantitative estimate of drug-likeness (QED) is 0.361. The van der Waals surface area contributed by atoms with Gasteiger partial charge in [-0.1, -0.05) is 33.3 Å². The van der Waals surface area contributed by atoms with Crippen molar-refractivity contribution in [2.24, 2.45) is 17.8 Å². The van der Waals surface area contributed by atoms with Crippen molar-refractivity contribution in [3.05, 3.63) is 12.7 Å². The van der Waals surface area contributed by atoms with Gasteiger partial charge in [0.25, 0.3) is 0 Å². The third-order valence-corrected chi connectivity index (χ3v) is 9.98. The zero-order valence-corrected chi connectivity index (χ0v) is 21.5. The smallest absolute Gasteiger partial charge is 0.310 e. The first-order valence-electron chi connectivity index (χ1n) is 12.4. The van der Waals surface area contributed by atoms with E-state index in [-0.39, 0.29) is 48.2 Å². The SMILES string of the molecule is C=CCN(C(=O)C1N([C@@H](CC)CO)C(=O)[C@@H]2[C@@H](C(=O)OCC)[C@H]3CC(C)C12S3)C(C)CCC. The van der Waals surface area contributed by atoms with Gasteiger partial charge in [0.1, 0.15) is 6.04 Å². The number of carbonyl (C=O) groups is 3. The molecule has 3 heterocycles. The first-order chi connectivity index (χ1) is 15.7. The van der Waals surface area contributed by atoms with E-state index in [2.05, 4.69) is 20.4 Å². The standard InChI is InChI=1S/C25H40N2O5S/c1-7-11-16(6)26(12-8-2)23(30)21-25-15(5)13-18(33-25)19(24(31)32-10-4)20(25)22(29)27(21)17(9-3)14-28/h8,15-21,28H,2,7,9-14H2,1,3-6H3/t15?,16?,17-,18+,19-,20-,21?,25?/m0/s1. The van der Waals surface area contributed by atoms with Crippen molar-refractivity contribution in [1.82, 2.24) is 9.80 Å². The molecule has 3 aliphatic heterocycles. The van der Waals surface area contributed by atoms with Crippen LogP contribution in [0.1, 0.15) is 60.3 Å². The van der Waals surface area contributed by atoms with Gasteiger partial charge in [0.15, 0.2) is 0 Å². The number of likely N-dealkylation sites (tertiary alicyclic amines) is 1. The summed E-state index contributed by atoms with van der Waals surface area (Å²) in [5, 5.41) is 10.1. The van der Waals surface area contributed by atoms with Crippen molar-refractivity contribution in [1.29, 1.82) is 0 Å². The number of aliphatic hydroxyl groups excluding tert-OH is 1. The molecule has 8 atom stereocenters. The van der Waals surface area contributed by atoms with E-state index in [0.717, 1.165) is 19.3 Å². The van der Waals surface area contributed by atoms with Crippen LogP contribution in [0.15, 0.2) is 12.7 Å². The minimum Gasteiger partial charge on any atom is -0.466 e. The largest absolute Gasteiger partial charge is 0.466 e. The molecule has 8 heteroatoms.